The van der Waals surface area contributed by atoms with Crippen LogP contribution in [0.5, 0.6) is 0 Å². The first-order valence-corrected chi connectivity index (χ1v) is 10.8. The summed E-state index contributed by atoms with van der Waals surface area (Å²) in [5, 5.41) is 3.30. The number of aryl methyl sites for hydroxylation is 1. The van der Waals surface area contributed by atoms with E-state index in [2.05, 4.69) is 15.2 Å². The Morgan fingerprint density at radius 2 is 1.70 bits per heavy atom. The molecule has 1 aromatic carbocycles. The SMILES string of the molecule is Cc1ccc(C(=O)N2CCN(c3nc(CN4CCCCC4)cs3)CC2)cc1. The predicted octanol–water partition coefficient (Wildman–Crippen LogP) is 3.40. The number of nitrogens with zero attached hydrogens (tertiary/aromatic N) is 4. The van der Waals surface area contributed by atoms with Gasteiger partial charge < -0.3 is 9.80 Å². The van der Waals surface area contributed by atoms with E-state index in [-0.39, 0.29) is 5.91 Å². The van der Waals surface area contributed by atoms with Gasteiger partial charge in [-0.05, 0) is 45.0 Å². The van der Waals surface area contributed by atoms with Gasteiger partial charge in [0.2, 0.25) is 0 Å². The molecular formula is C21H28N4OS. The summed E-state index contributed by atoms with van der Waals surface area (Å²) >= 11 is 1.74. The highest BCUT2D eigenvalue weighted by Crippen LogP contribution is 2.24. The van der Waals surface area contributed by atoms with E-state index >= 15 is 0 Å². The quantitative estimate of drug-likeness (QED) is 0.810. The number of anilines is 1. The average molecular weight is 385 g/mol. The molecule has 0 N–H and O–H groups in total. The zero-order chi connectivity index (χ0) is 18.6. The summed E-state index contributed by atoms with van der Waals surface area (Å²) in [5.41, 5.74) is 3.16. The van der Waals surface area contributed by atoms with Gasteiger partial charge in [0, 0.05) is 43.7 Å². The van der Waals surface area contributed by atoms with Crippen LogP contribution in [0.2, 0.25) is 0 Å². The van der Waals surface area contributed by atoms with E-state index in [1.54, 1.807) is 11.3 Å². The molecule has 0 bridgehead atoms. The number of piperazine rings is 1. The molecule has 1 aromatic heterocycles. The van der Waals surface area contributed by atoms with Gasteiger partial charge in [0.15, 0.2) is 5.13 Å². The summed E-state index contributed by atoms with van der Waals surface area (Å²) in [6.07, 6.45) is 3.99. The molecule has 6 heteroatoms. The van der Waals surface area contributed by atoms with Crippen LogP contribution in [0.1, 0.15) is 40.9 Å². The number of benzene rings is 1. The molecule has 2 aliphatic rings. The Labute approximate surface area is 165 Å². The van der Waals surface area contributed by atoms with Gasteiger partial charge in [-0.25, -0.2) is 4.98 Å². The number of thiazole rings is 1. The summed E-state index contributed by atoms with van der Waals surface area (Å²) in [6, 6.07) is 7.86. The number of carbonyl (C=O) groups excluding carboxylic acids is 1. The molecule has 4 rings (SSSR count). The minimum atomic E-state index is 0.138. The van der Waals surface area contributed by atoms with Crippen LogP contribution in [0.4, 0.5) is 5.13 Å². The maximum absolute atomic E-state index is 12.7. The average Bonchev–Trinajstić information content (AvgIpc) is 3.17. The zero-order valence-corrected chi connectivity index (χ0v) is 16.9. The third-order valence-electron chi connectivity index (χ3n) is 5.51. The molecule has 0 radical (unpaired) electrons. The number of aromatic nitrogens is 1. The van der Waals surface area contributed by atoms with E-state index in [0.29, 0.717) is 0 Å². The van der Waals surface area contributed by atoms with Crippen molar-refractivity contribution in [2.75, 3.05) is 44.2 Å². The Morgan fingerprint density at radius 3 is 2.41 bits per heavy atom. The second-order valence-electron chi connectivity index (χ2n) is 7.60. The summed E-state index contributed by atoms with van der Waals surface area (Å²) in [6.45, 7) is 8.65. The lowest BCUT2D eigenvalue weighted by Gasteiger charge is -2.34. The second kappa shape index (κ2) is 8.40. The third kappa shape index (κ3) is 4.50. The number of likely N-dealkylation sites (tertiary alicyclic amines) is 1. The Balaban J connectivity index is 1.31. The van der Waals surface area contributed by atoms with Crippen LogP contribution in [0.15, 0.2) is 29.6 Å². The van der Waals surface area contributed by atoms with Gasteiger partial charge in [0.05, 0.1) is 5.69 Å². The number of hydrogen-bond acceptors (Lipinski definition) is 5. The zero-order valence-electron chi connectivity index (χ0n) is 16.1. The molecule has 27 heavy (non-hydrogen) atoms. The van der Waals surface area contributed by atoms with Crippen LogP contribution < -0.4 is 4.90 Å². The van der Waals surface area contributed by atoms with Crippen molar-refractivity contribution in [2.45, 2.75) is 32.7 Å². The van der Waals surface area contributed by atoms with Crippen LogP contribution in [-0.2, 0) is 6.54 Å². The lowest BCUT2D eigenvalue weighted by molar-refractivity contribution is 0.0746. The van der Waals surface area contributed by atoms with Crippen LogP contribution in [0.3, 0.4) is 0 Å². The van der Waals surface area contributed by atoms with E-state index < -0.39 is 0 Å². The van der Waals surface area contributed by atoms with Gasteiger partial charge in [-0.1, -0.05) is 24.1 Å². The molecule has 3 heterocycles. The largest absolute Gasteiger partial charge is 0.345 e. The Hall–Kier alpha value is -1.92. The number of piperidine rings is 1. The lowest BCUT2D eigenvalue weighted by Crippen LogP contribution is -2.48. The van der Waals surface area contributed by atoms with Gasteiger partial charge >= 0.3 is 0 Å². The molecular weight excluding hydrogens is 356 g/mol. The minimum absolute atomic E-state index is 0.138. The van der Waals surface area contributed by atoms with Gasteiger partial charge in [0.25, 0.3) is 5.91 Å². The Kier molecular flexibility index (Phi) is 5.74. The maximum Gasteiger partial charge on any atom is 0.253 e. The van der Waals surface area contributed by atoms with Crippen molar-refractivity contribution in [1.82, 2.24) is 14.8 Å². The van der Waals surface area contributed by atoms with Crippen molar-refractivity contribution in [2.24, 2.45) is 0 Å². The van der Waals surface area contributed by atoms with Crippen molar-refractivity contribution < 1.29 is 4.79 Å². The molecule has 5 nitrogen and oxygen atoms in total. The van der Waals surface area contributed by atoms with Gasteiger partial charge in [-0.3, -0.25) is 9.69 Å². The van der Waals surface area contributed by atoms with Crippen LogP contribution in [-0.4, -0.2) is 60.0 Å². The molecule has 2 fully saturated rings. The van der Waals surface area contributed by atoms with Crippen LogP contribution in [0.25, 0.3) is 0 Å². The Morgan fingerprint density at radius 1 is 1.00 bits per heavy atom. The number of amides is 1. The van der Waals surface area contributed by atoms with Crippen LogP contribution in [0, 0.1) is 6.92 Å². The fourth-order valence-corrected chi connectivity index (χ4v) is 4.71. The van der Waals surface area contributed by atoms with Crippen LogP contribution >= 0.6 is 11.3 Å². The standard InChI is InChI=1S/C21H28N4OS/c1-17-5-7-18(8-6-17)20(26)24-11-13-25(14-12-24)21-22-19(16-27-21)15-23-9-3-2-4-10-23/h5-8,16H,2-4,9-15H2,1H3. The summed E-state index contributed by atoms with van der Waals surface area (Å²) in [4.78, 5) is 24.3. The molecule has 0 aliphatic carbocycles. The fourth-order valence-electron chi connectivity index (χ4n) is 3.84. The van der Waals surface area contributed by atoms with E-state index in [9.17, 15) is 4.79 Å². The second-order valence-corrected chi connectivity index (χ2v) is 8.44. The monoisotopic (exact) mass is 384 g/mol. The highest BCUT2D eigenvalue weighted by atomic mass is 32.1. The molecule has 144 valence electrons. The van der Waals surface area contributed by atoms with Crippen molar-refractivity contribution in [3.05, 3.63) is 46.5 Å². The molecule has 2 saturated heterocycles. The number of hydrogen-bond donors (Lipinski definition) is 0. The number of rotatable bonds is 4. The van der Waals surface area contributed by atoms with Gasteiger partial charge in [-0.2, -0.15) is 0 Å². The summed E-state index contributed by atoms with van der Waals surface area (Å²) in [7, 11) is 0. The van der Waals surface area contributed by atoms with Gasteiger partial charge in [-0.15, -0.1) is 11.3 Å². The first-order valence-electron chi connectivity index (χ1n) is 9.97. The fraction of sp³-hybridized carbons (Fsp3) is 0.524. The van der Waals surface area contributed by atoms with E-state index in [1.165, 1.54) is 43.6 Å². The van der Waals surface area contributed by atoms with E-state index in [1.807, 2.05) is 36.1 Å². The molecule has 0 atom stereocenters. The Bertz CT molecular complexity index is 759. The normalized spacial score (nSPS) is 18.7. The molecule has 0 saturated carbocycles. The predicted molar refractivity (Wildman–Crippen MR) is 111 cm³/mol. The summed E-state index contributed by atoms with van der Waals surface area (Å²) < 4.78 is 0. The first kappa shape index (κ1) is 18.4. The van der Waals surface area contributed by atoms with Gasteiger partial charge in [0.1, 0.15) is 0 Å². The first-order chi connectivity index (χ1) is 13.2. The molecule has 2 aromatic rings. The highest BCUT2D eigenvalue weighted by Gasteiger charge is 2.24. The third-order valence-corrected chi connectivity index (χ3v) is 6.46. The molecule has 0 spiro atoms. The molecule has 2 aliphatic heterocycles. The topological polar surface area (TPSA) is 39.7 Å². The molecule has 1 amide bonds. The summed E-state index contributed by atoms with van der Waals surface area (Å²) in [5.74, 6) is 0.138. The smallest absolute Gasteiger partial charge is 0.253 e. The maximum atomic E-state index is 12.7. The number of carbonyl (C=O) groups is 1. The lowest BCUT2D eigenvalue weighted by atomic mass is 10.1. The van der Waals surface area contributed by atoms with Crippen molar-refractivity contribution in [3.63, 3.8) is 0 Å². The van der Waals surface area contributed by atoms with Crippen molar-refractivity contribution in [1.29, 1.82) is 0 Å². The van der Waals surface area contributed by atoms with Crippen molar-refractivity contribution in [3.8, 4) is 0 Å². The molecule has 0 unspecified atom stereocenters. The van der Waals surface area contributed by atoms with Crippen molar-refractivity contribution >= 4 is 22.4 Å². The van der Waals surface area contributed by atoms with E-state index in [4.69, 9.17) is 4.98 Å². The van der Waals surface area contributed by atoms with E-state index in [0.717, 1.165) is 43.4 Å². The highest BCUT2D eigenvalue weighted by molar-refractivity contribution is 7.13. The minimum Gasteiger partial charge on any atom is -0.345 e.